The Balaban J connectivity index is 1.60. The molecule has 0 fully saturated rings. The van der Waals surface area contributed by atoms with Crippen molar-refractivity contribution in [3.8, 4) is 17.3 Å². The number of alkyl halides is 3. The molecule has 162 valence electrons. The summed E-state index contributed by atoms with van der Waals surface area (Å²) in [4.78, 5) is 22.7. The van der Waals surface area contributed by atoms with E-state index in [-0.39, 0.29) is 22.4 Å². The highest BCUT2D eigenvalue weighted by atomic mass is 32.2. The summed E-state index contributed by atoms with van der Waals surface area (Å²) in [7, 11) is 0. The molecule has 3 aromatic rings. The molecule has 0 saturated carbocycles. The Bertz CT molecular complexity index is 1190. The molecular formula is C23H17F3N4OS. The van der Waals surface area contributed by atoms with E-state index >= 15 is 0 Å². The Morgan fingerprint density at radius 2 is 1.97 bits per heavy atom. The predicted molar refractivity (Wildman–Crippen MR) is 113 cm³/mol. The van der Waals surface area contributed by atoms with Gasteiger partial charge in [0.15, 0.2) is 0 Å². The van der Waals surface area contributed by atoms with Crippen LogP contribution in [0, 0.1) is 11.3 Å². The number of rotatable bonds is 4. The minimum Gasteiger partial charge on any atom is -0.337 e. The summed E-state index contributed by atoms with van der Waals surface area (Å²) in [6, 6.07) is 13.5. The summed E-state index contributed by atoms with van der Waals surface area (Å²) in [6.07, 6.45) is -1.11. The summed E-state index contributed by atoms with van der Waals surface area (Å²) < 4.78 is 41.0. The first kappa shape index (κ1) is 21.8. The van der Waals surface area contributed by atoms with Crippen LogP contribution in [-0.2, 0) is 23.9 Å². The highest BCUT2D eigenvalue weighted by Gasteiger charge is 2.36. The number of thioether (sulfide) groups is 1. The van der Waals surface area contributed by atoms with Crippen molar-refractivity contribution in [1.82, 2.24) is 14.9 Å². The Kier molecular flexibility index (Phi) is 6.15. The van der Waals surface area contributed by atoms with E-state index in [9.17, 15) is 23.2 Å². The first-order chi connectivity index (χ1) is 15.4. The number of aromatic nitrogens is 2. The molecule has 1 aromatic carbocycles. The van der Waals surface area contributed by atoms with Crippen LogP contribution in [0.15, 0.2) is 59.9 Å². The molecule has 1 aliphatic heterocycles. The molecule has 32 heavy (non-hydrogen) atoms. The Labute approximate surface area is 186 Å². The number of amides is 1. The fraction of sp³-hybridized carbons (Fsp3) is 0.217. The second-order valence-electron chi connectivity index (χ2n) is 7.21. The normalized spacial score (nSPS) is 13.4. The number of halogens is 3. The lowest BCUT2D eigenvalue weighted by atomic mass is 10.00. The van der Waals surface area contributed by atoms with Gasteiger partial charge in [0.2, 0.25) is 5.91 Å². The smallest absolute Gasteiger partial charge is 0.337 e. The van der Waals surface area contributed by atoms with Crippen molar-refractivity contribution in [2.45, 2.75) is 24.2 Å². The van der Waals surface area contributed by atoms with E-state index in [1.165, 1.54) is 18.0 Å². The summed E-state index contributed by atoms with van der Waals surface area (Å²) in [5, 5.41) is 9.32. The molecule has 0 bridgehead atoms. The molecule has 0 N–H and O–H groups in total. The molecule has 0 aliphatic carbocycles. The summed E-state index contributed by atoms with van der Waals surface area (Å²) >= 11 is 0.849. The lowest BCUT2D eigenvalue weighted by Gasteiger charge is -2.28. The van der Waals surface area contributed by atoms with Crippen LogP contribution in [0.3, 0.4) is 0 Å². The molecule has 0 saturated heterocycles. The second-order valence-corrected chi connectivity index (χ2v) is 8.17. The van der Waals surface area contributed by atoms with Gasteiger partial charge in [-0.15, -0.1) is 0 Å². The minimum atomic E-state index is -4.74. The van der Waals surface area contributed by atoms with E-state index in [1.807, 2.05) is 24.3 Å². The SMILES string of the molecule is N#Cc1c(C(F)(F)F)cc(-c2cccnc2)nc1SCC(=O)N1CCc2ccccc2C1. The number of nitrogens with zero attached hydrogens (tertiary/aromatic N) is 4. The van der Waals surface area contributed by atoms with E-state index in [0.717, 1.165) is 29.8 Å². The Morgan fingerprint density at radius 3 is 2.66 bits per heavy atom. The van der Waals surface area contributed by atoms with Gasteiger partial charge in [0.25, 0.3) is 0 Å². The van der Waals surface area contributed by atoms with Crippen molar-refractivity contribution >= 4 is 17.7 Å². The molecule has 0 spiro atoms. The lowest BCUT2D eigenvalue weighted by Crippen LogP contribution is -2.37. The molecule has 1 amide bonds. The monoisotopic (exact) mass is 454 g/mol. The minimum absolute atomic E-state index is 0.0475. The number of hydrogen-bond donors (Lipinski definition) is 0. The molecule has 9 heteroatoms. The van der Waals surface area contributed by atoms with E-state index < -0.39 is 17.3 Å². The number of carbonyl (C=O) groups excluding carboxylic acids is 1. The summed E-state index contributed by atoms with van der Waals surface area (Å²) in [5.41, 5.74) is 1.04. The molecule has 0 unspecified atom stereocenters. The van der Waals surface area contributed by atoms with Gasteiger partial charge in [0.1, 0.15) is 11.1 Å². The van der Waals surface area contributed by atoms with Crippen molar-refractivity contribution in [3.05, 3.63) is 77.1 Å². The van der Waals surface area contributed by atoms with Crippen molar-refractivity contribution in [1.29, 1.82) is 5.26 Å². The summed E-state index contributed by atoms with van der Waals surface area (Å²) in [6.45, 7) is 0.996. The van der Waals surface area contributed by atoms with Crippen LogP contribution in [0.25, 0.3) is 11.3 Å². The predicted octanol–water partition coefficient (Wildman–Crippen LogP) is 4.71. The zero-order valence-electron chi connectivity index (χ0n) is 16.8. The number of carbonyl (C=O) groups is 1. The maximum Gasteiger partial charge on any atom is 0.417 e. The van der Waals surface area contributed by atoms with Gasteiger partial charge in [0, 0.05) is 31.0 Å². The standard InChI is InChI=1S/C23H17F3N4OS/c24-23(25,26)19-10-20(16-6-3-8-28-12-16)29-22(18(19)11-27)32-14-21(31)30-9-7-15-4-1-2-5-17(15)13-30/h1-6,8,10,12H,7,9,13-14H2. The van der Waals surface area contributed by atoms with Gasteiger partial charge in [-0.1, -0.05) is 36.0 Å². The second kappa shape index (κ2) is 9.01. The van der Waals surface area contributed by atoms with Crippen LogP contribution < -0.4 is 0 Å². The molecule has 3 heterocycles. The first-order valence-electron chi connectivity index (χ1n) is 9.77. The van der Waals surface area contributed by atoms with Gasteiger partial charge in [-0.2, -0.15) is 18.4 Å². The third-order valence-electron chi connectivity index (χ3n) is 5.18. The van der Waals surface area contributed by atoms with Crippen LogP contribution in [0.5, 0.6) is 0 Å². The molecule has 4 rings (SSSR count). The van der Waals surface area contributed by atoms with E-state index in [1.54, 1.807) is 23.1 Å². The molecule has 5 nitrogen and oxygen atoms in total. The maximum absolute atomic E-state index is 13.7. The largest absolute Gasteiger partial charge is 0.417 e. The van der Waals surface area contributed by atoms with E-state index in [0.29, 0.717) is 18.7 Å². The van der Waals surface area contributed by atoms with Crippen molar-refractivity contribution in [3.63, 3.8) is 0 Å². The van der Waals surface area contributed by atoms with Crippen molar-refractivity contribution in [2.75, 3.05) is 12.3 Å². The zero-order valence-corrected chi connectivity index (χ0v) is 17.6. The molecule has 1 aliphatic rings. The van der Waals surface area contributed by atoms with Gasteiger partial charge in [-0.25, -0.2) is 4.98 Å². The van der Waals surface area contributed by atoms with Crippen LogP contribution in [0.1, 0.15) is 22.3 Å². The number of pyridine rings is 2. The number of nitriles is 1. The molecule has 0 radical (unpaired) electrons. The molecule has 2 aromatic heterocycles. The third kappa shape index (κ3) is 4.60. The van der Waals surface area contributed by atoms with Crippen molar-refractivity contribution < 1.29 is 18.0 Å². The van der Waals surface area contributed by atoms with Crippen LogP contribution in [0.4, 0.5) is 13.2 Å². The van der Waals surface area contributed by atoms with Crippen molar-refractivity contribution in [2.24, 2.45) is 0 Å². The molecule has 0 atom stereocenters. The van der Waals surface area contributed by atoms with Gasteiger partial charge < -0.3 is 4.90 Å². The average molecular weight is 454 g/mol. The highest BCUT2D eigenvalue weighted by molar-refractivity contribution is 8.00. The van der Waals surface area contributed by atoms with E-state index in [2.05, 4.69) is 9.97 Å². The Hall–Kier alpha value is -3.38. The number of benzene rings is 1. The van der Waals surface area contributed by atoms with Gasteiger partial charge in [-0.3, -0.25) is 9.78 Å². The van der Waals surface area contributed by atoms with Gasteiger partial charge in [0.05, 0.1) is 22.6 Å². The van der Waals surface area contributed by atoms with Gasteiger partial charge in [-0.05, 0) is 35.7 Å². The van der Waals surface area contributed by atoms with E-state index in [4.69, 9.17) is 0 Å². The topological polar surface area (TPSA) is 69.9 Å². The quantitative estimate of drug-likeness (QED) is 0.534. The zero-order chi connectivity index (χ0) is 22.7. The summed E-state index contributed by atoms with van der Waals surface area (Å²) in [5.74, 6) is -0.326. The van der Waals surface area contributed by atoms with Crippen LogP contribution >= 0.6 is 11.8 Å². The number of hydrogen-bond acceptors (Lipinski definition) is 5. The maximum atomic E-state index is 13.7. The average Bonchev–Trinajstić information content (AvgIpc) is 2.81. The van der Waals surface area contributed by atoms with Crippen LogP contribution in [0.2, 0.25) is 0 Å². The Morgan fingerprint density at radius 1 is 1.19 bits per heavy atom. The number of fused-ring (bicyclic) bond motifs is 1. The fourth-order valence-corrected chi connectivity index (χ4v) is 4.46. The third-order valence-corrected chi connectivity index (χ3v) is 6.14. The highest BCUT2D eigenvalue weighted by Crippen LogP contribution is 2.38. The molecular weight excluding hydrogens is 437 g/mol. The van der Waals surface area contributed by atoms with Crippen LogP contribution in [-0.4, -0.2) is 33.1 Å². The lowest BCUT2D eigenvalue weighted by molar-refractivity contribution is -0.138. The van der Waals surface area contributed by atoms with Gasteiger partial charge >= 0.3 is 6.18 Å². The first-order valence-corrected chi connectivity index (χ1v) is 10.8. The fourth-order valence-electron chi connectivity index (χ4n) is 3.55.